The first kappa shape index (κ1) is 13.1. The van der Waals surface area contributed by atoms with Gasteiger partial charge in [0.15, 0.2) is 0 Å². The summed E-state index contributed by atoms with van der Waals surface area (Å²) < 4.78 is 0. The predicted molar refractivity (Wildman–Crippen MR) is 80.4 cm³/mol. The van der Waals surface area contributed by atoms with Crippen LogP contribution in [0.3, 0.4) is 0 Å². The molecule has 104 valence electrons. The zero-order valence-corrected chi connectivity index (χ0v) is 12.2. The van der Waals surface area contributed by atoms with Gasteiger partial charge in [0.1, 0.15) is 0 Å². The van der Waals surface area contributed by atoms with E-state index >= 15 is 0 Å². The van der Waals surface area contributed by atoms with Crippen molar-refractivity contribution in [1.82, 2.24) is 10.2 Å². The second-order valence-electron chi connectivity index (χ2n) is 6.33. The summed E-state index contributed by atoms with van der Waals surface area (Å²) in [6.45, 7) is 6.10. The lowest BCUT2D eigenvalue weighted by molar-refractivity contribution is 0.208. The predicted octanol–water partition coefficient (Wildman–Crippen LogP) is 3.17. The average molecular weight is 258 g/mol. The highest BCUT2D eigenvalue weighted by atomic mass is 15.2. The number of hydrogen-bond donors (Lipinski definition) is 1. The van der Waals surface area contributed by atoms with Gasteiger partial charge in [-0.25, -0.2) is 0 Å². The van der Waals surface area contributed by atoms with E-state index in [4.69, 9.17) is 0 Å². The lowest BCUT2D eigenvalue weighted by Crippen LogP contribution is -2.31. The fraction of sp³-hybridized carbons (Fsp3) is 0.647. The van der Waals surface area contributed by atoms with Gasteiger partial charge < -0.3 is 5.32 Å². The first-order chi connectivity index (χ1) is 9.29. The van der Waals surface area contributed by atoms with Crippen LogP contribution in [0.15, 0.2) is 24.3 Å². The summed E-state index contributed by atoms with van der Waals surface area (Å²) >= 11 is 0. The van der Waals surface area contributed by atoms with Crippen molar-refractivity contribution in [3.05, 3.63) is 35.4 Å². The van der Waals surface area contributed by atoms with E-state index in [1.54, 1.807) is 11.1 Å². The molecular formula is C17H26N2. The smallest absolute Gasteiger partial charge is 0.0351 e. The van der Waals surface area contributed by atoms with Gasteiger partial charge in [0.2, 0.25) is 0 Å². The van der Waals surface area contributed by atoms with E-state index in [0.717, 1.165) is 11.8 Å². The Morgan fingerprint density at radius 2 is 1.95 bits per heavy atom. The Bertz CT molecular complexity index is 429. The van der Waals surface area contributed by atoms with Crippen molar-refractivity contribution in [2.45, 2.75) is 38.1 Å². The molecule has 3 unspecified atom stereocenters. The molecule has 1 heterocycles. The van der Waals surface area contributed by atoms with Gasteiger partial charge in [-0.2, -0.15) is 0 Å². The first-order valence-corrected chi connectivity index (χ1v) is 7.77. The third kappa shape index (κ3) is 2.56. The lowest BCUT2D eigenvalue weighted by atomic mass is 9.80. The monoisotopic (exact) mass is 258 g/mol. The molecule has 1 N–H and O–H groups in total. The highest BCUT2D eigenvalue weighted by Gasteiger charge is 2.32. The summed E-state index contributed by atoms with van der Waals surface area (Å²) in [7, 11) is 2.07. The number of fused-ring (bicyclic) bond motifs is 1. The molecule has 1 fully saturated rings. The van der Waals surface area contributed by atoms with Crippen molar-refractivity contribution in [2.75, 3.05) is 26.7 Å². The van der Waals surface area contributed by atoms with Gasteiger partial charge in [0, 0.05) is 12.6 Å². The van der Waals surface area contributed by atoms with Crippen LogP contribution < -0.4 is 5.32 Å². The normalized spacial score (nSPS) is 31.4. The van der Waals surface area contributed by atoms with Crippen LogP contribution >= 0.6 is 0 Å². The van der Waals surface area contributed by atoms with E-state index in [9.17, 15) is 0 Å². The van der Waals surface area contributed by atoms with Gasteiger partial charge in [0.05, 0.1) is 0 Å². The highest BCUT2D eigenvalue weighted by molar-refractivity contribution is 5.35. The van der Waals surface area contributed by atoms with Crippen molar-refractivity contribution >= 4 is 0 Å². The molecule has 0 bridgehead atoms. The minimum absolute atomic E-state index is 0.675. The number of hydrogen-bond acceptors (Lipinski definition) is 2. The number of likely N-dealkylation sites (tertiary alicyclic amines) is 1. The van der Waals surface area contributed by atoms with Crippen molar-refractivity contribution in [3.63, 3.8) is 0 Å². The number of nitrogens with one attached hydrogen (secondary N) is 1. The van der Waals surface area contributed by atoms with Gasteiger partial charge >= 0.3 is 0 Å². The molecule has 3 atom stereocenters. The maximum absolute atomic E-state index is 3.33. The Kier molecular flexibility index (Phi) is 3.90. The second-order valence-corrected chi connectivity index (χ2v) is 6.33. The van der Waals surface area contributed by atoms with Crippen molar-refractivity contribution in [1.29, 1.82) is 0 Å². The topological polar surface area (TPSA) is 15.3 Å². The molecule has 0 radical (unpaired) electrons. The summed E-state index contributed by atoms with van der Waals surface area (Å²) in [5.74, 6) is 1.58. The SMILES string of the molecule is CNCC1CCN(C2CCC(C)c3ccccc32)C1. The van der Waals surface area contributed by atoms with Crippen LogP contribution in [0.1, 0.15) is 49.3 Å². The molecule has 1 aromatic rings. The van der Waals surface area contributed by atoms with Gasteiger partial charge in [0.25, 0.3) is 0 Å². The highest BCUT2D eigenvalue weighted by Crippen LogP contribution is 2.41. The average Bonchev–Trinajstić information content (AvgIpc) is 2.88. The van der Waals surface area contributed by atoms with Crippen LogP contribution in [-0.2, 0) is 0 Å². The molecule has 0 saturated carbocycles. The van der Waals surface area contributed by atoms with Crippen LogP contribution in [0.25, 0.3) is 0 Å². The van der Waals surface area contributed by atoms with Gasteiger partial charge in [-0.1, -0.05) is 31.2 Å². The van der Waals surface area contributed by atoms with Crippen molar-refractivity contribution < 1.29 is 0 Å². The summed E-state index contributed by atoms with van der Waals surface area (Å²) in [6, 6.07) is 9.79. The van der Waals surface area contributed by atoms with E-state index in [1.165, 1.54) is 38.9 Å². The molecule has 1 aliphatic carbocycles. The van der Waals surface area contributed by atoms with E-state index in [0.29, 0.717) is 6.04 Å². The van der Waals surface area contributed by atoms with Gasteiger partial charge in [-0.3, -0.25) is 4.90 Å². The molecule has 0 amide bonds. The maximum Gasteiger partial charge on any atom is 0.0351 e. The molecule has 1 aromatic carbocycles. The first-order valence-electron chi connectivity index (χ1n) is 7.77. The van der Waals surface area contributed by atoms with Crippen molar-refractivity contribution in [2.24, 2.45) is 5.92 Å². The Morgan fingerprint density at radius 1 is 1.16 bits per heavy atom. The van der Waals surface area contributed by atoms with Crippen LogP contribution in [-0.4, -0.2) is 31.6 Å². The second kappa shape index (κ2) is 5.64. The summed E-state index contributed by atoms with van der Waals surface area (Å²) in [5.41, 5.74) is 3.20. The van der Waals surface area contributed by atoms with E-state index in [-0.39, 0.29) is 0 Å². The Hall–Kier alpha value is -0.860. The minimum atomic E-state index is 0.675. The fourth-order valence-electron chi connectivity index (χ4n) is 3.96. The maximum atomic E-state index is 3.33. The van der Waals surface area contributed by atoms with Crippen LogP contribution in [0.5, 0.6) is 0 Å². The molecule has 19 heavy (non-hydrogen) atoms. The van der Waals surface area contributed by atoms with Gasteiger partial charge in [-0.15, -0.1) is 0 Å². The molecular weight excluding hydrogens is 232 g/mol. The molecule has 0 spiro atoms. The standard InChI is InChI=1S/C17H26N2/c1-13-7-8-17(16-6-4-3-5-15(13)16)19-10-9-14(12-19)11-18-2/h3-6,13-14,17-18H,7-12H2,1-2H3. The van der Waals surface area contributed by atoms with Crippen LogP contribution in [0.2, 0.25) is 0 Å². The minimum Gasteiger partial charge on any atom is -0.319 e. The summed E-state index contributed by atoms with van der Waals surface area (Å²) in [4.78, 5) is 2.73. The summed E-state index contributed by atoms with van der Waals surface area (Å²) in [6.07, 6.45) is 4.04. The molecule has 3 rings (SSSR count). The Morgan fingerprint density at radius 3 is 2.74 bits per heavy atom. The molecule has 1 saturated heterocycles. The lowest BCUT2D eigenvalue weighted by Gasteiger charge is -2.36. The molecule has 2 heteroatoms. The molecule has 0 aromatic heterocycles. The third-order valence-electron chi connectivity index (χ3n) is 5.01. The van der Waals surface area contributed by atoms with E-state index in [2.05, 4.69) is 48.5 Å². The van der Waals surface area contributed by atoms with Crippen LogP contribution in [0.4, 0.5) is 0 Å². The molecule has 2 aliphatic rings. The van der Waals surface area contributed by atoms with Crippen molar-refractivity contribution in [3.8, 4) is 0 Å². The third-order valence-corrected chi connectivity index (χ3v) is 5.01. The van der Waals surface area contributed by atoms with E-state index < -0.39 is 0 Å². The number of benzene rings is 1. The largest absolute Gasteiger partial charge is 0.319 e. The Labute approximate surface area is 117 Å². The Balaban J connectivity index is 1.78. The molecule has 2 nitrogen and oxygen atoms in total. The van der Waals surface area contributed by atoms with E-state index in [1.807, 2.05) is 0 Å². The van der Waals surface area contributed by atoms with Gasteiger partial charge in [-0.05, 0) is 62.4 Å². The zero-order chi connectivity index (χ0) is 13.2. The van der Waals surface area contributed by atoms with Crippen LogP contribution in [0, 0.1) is 5.92 Å². The zero-order valence-electron chi connectivity index (χ0n) is 12.2. The quantitative estimate of drug-likeness (QED) is 0.896. The summed E-state index contributed by atoms with van der Waals surface area (Å²) in [5, 5.41) is 3.33. The number of nitrogens with zero attached hydrogens (tertiary/aromatic N) is 1. The number of rotatable bonds is 3. The molecule has 1 aliphatic heterocycles. The fourth-order valence-corrected chi connectivity index (χ4v) is 3.96.